The quantitative estimate of drug-likeness (QED) is 0.887. The molecule has 0 amide bonds. The summed E-state index contributed by atoms with van der Waals surface area (Å²) in [7, 11) is -1.54. The molecule has 1 aromatic rings. The van der Waals surface area contributed by atoms with Crippen LogP contribution in [0.15, 0.2) is 18.3 Å². The summed E-state index contributed by atoms with van der Waals surface area (Å²) < 4.78 is 23.5. The van der Waals surface area contributed by atoms with Crippen molar-refractivity contribution < 1.29 is 8.42 Å². The van der Waals surface area contributed by atoms with Gasteiger partial charge in [-0.25, -0.2) is 17.7 Å². The Morgan fingerprint density at radius 3 is 2.50 bits per heavy atom. The van der Waals surface area contributed by atoms with Crippen molar-refractivity contribution in [3.05, 3.63) is 23.9 Å². The van der Waals surface area contributed by atoms with Crippen molar-refractivity contribution in [3.63, 3.8) is 0 Å². The van der Waals surface area contributed by atoms with E-state index in [-0.39, 0.29) is 0 Å². The van der Waals surface area contributed by atoms with Crippen molar-refractivity contribution in [3.8, 4) is 0 Å². The van der Waals surface area contributed by atoms with Crippen molar-refractivity contribution in [1.29, 1.82) is 0 Å². The molecule has 0 bridgehead atoms. The summed E-state index contributed by atoms with van der Waals surface area (Å²) >= 11 is 0. The fraction of sp³-hybridized carbons (Fsp3) is 0.583. The van der Waals surface area contributed by atoms with E-state index in [1.54, 1.807) is 13.2 Å². The number of hydrogen-bond donors (Lipinski definition) is 1. The molecule has 0 aliphatic rings. The van der Waals surface area contributed by atoms with Gasteiger partial charge in [0.1, 0.15) is 5.82 Å². The average Bonchev–Trinajstić information content (AvgIpc) is 2.30. The van der Waals surface area contributed by atoms with E-state index in [1.807, 2.05) is 32.9 Å². The maximum absolute atomic E-state index is 11.1. The Hall–Kier alpha value is -1.14. The monoisotopic (exact) mass is 273 g/mol. The number of hydrogen-bond acceptors (Lipinski definition) is 4. The normalized spacial score (nSPS) is 10.8. The zero-order valence-electron chi connectivity index (χ0n) is 11.8. The Morgan fingerprint density at radius 1 is 1.39 bits per heavy atom. The van der Waals surface area contributed by atoms with Crippen LogP contribution < -0.4 is 5.32 Å². The van der Waals surface area contributed by atoms with Crippen molar-refractivity contribution in [2.24, 2.45) is 0 Å². The van der Waals surface area contributed by atoms with Crippen molar-refractivity contribution >= 4 is 15.8 Å². The standard InChI is InChI=1S/C10H17N3O2S.C2H6/c1-9-4-5-11-10(8-9)12-6-7-13(2)16(3,14)15;1-2/h4-5,8H,6-7H2,1-3H3,(H,11,12);1-2H3. The molecule has 0 aliphatic heterocycles. The number of anilines is 1. The van der Waals surface area contributed by atoms with Crippen molar-refractivity contribution in [2.45, 2.75) is 20.8 Å². The van der Waals surface area contributed by atoms with Crippen LogP contribution in [-0.4, -0.2) is 44.1 Å². The second kappa shape index (κ2) is 8.05. The molecule has 0 saturated heterocycles. The van der Waals surface area contributed by atoms with Crippen LogP contribution in [0.5, 0.6) is 0 Å². The lowest BCUT2D eigenvalue weighted by molar-refractivity contribution is 0.486. The number of pyridine rings is 1. The number of rotatable bonds is 5. The predicted octanol–water partition coefficient (Wildman–Crippen LogP) is 1.72. The topological polar surface area (TPSA) is 62.3 Å². The van der Waals surface area contributed by atoms with Gasteiger partial charge in [-0.1, -0.05) is 13.8 Å². The molecule has 0 aromatic carbocycles. The molecule has 0 saturated carbocycles. The van der Waals surface area contributed by atoms with Crippen LogP contribution in [0.25, 0.3) is 0 Å². The summed E-state index contributed by atoms with van der Waals surface area (Å²) in [5.41, 5.74) is 1.12. The fourth-order valence-corrected chi connectivity index (χ4v) is 1.56. The highest BCUT2D eigenvalue weighted by molar-refractivity contribution is 7.88. The maximum Gasteiger partial charge on any atom is 0.211 e. The van der Waals surface area contributed by atoms with Gasteiger partial charge in [0, 0.05) is 26.3 Å². The summed E-state index contributed by atoms with van der Waals surface area (Å²) in [6, 6.07) is 3.83. The molecule has 104 valence electrons. The van der Waals surface area contributed by atoms with Gasteiger partial charge in [-0.3, -0.25) is 0 Å². The molecule has 0 spiro atoms. The Kier molecular flexibility index (Phi) is 7.54. The first-order valence-electron chi connectivity index (χ1n) is 5.97. The van der Waals surface area contributed by atoms with Crippen LogP contribution in [0.2, 0.25) is 0 Å². The molecule has 1 N–H and O–H groups in total. The Balaban J connectivity index is 0.00000137. The molecule has 1 heterocycles. The van der Waals surface area contributed by atoms with Crippen LogP contribution in [0.3, 0.4) is 0 Å². The third kappa shape index (κ3) is 6.56. The maximum atomic E-state index is 11.1. The second-order valence-corrected chi connectivity index (χ2v) is 5.82. The minimum atomic E-state index is -3.09. The van der Waals surface area contributed by atoms with Gasteiger partial charge in [-0.2, -0.15) is 0 Å². The van der Waals surface area contributed by atoms with Gasteiger partial charge < -0.3 is 5.32 Å². The van der Waals surface area contributed by atoms with Crippen LogP contribution in [-0.2, 0) is 10.0 Å². The van der Waals surface area contributed by atoms with E-state index >= 15 is 0 Å². The number of nitrogens with one attached hydrogen (secondary N) is 1. The minimum Gasteiger partial charge on any atom is -0.369 e. The average molecular weight is 273 g/mol. The van der Waals surface area contributed by atoms with E-state index < -0.39 is 10.0 Å². The molecule has 0 unspecified atom stereocenters. The number of sulfonamides is 1. The Bertz CT molecular complexity index is 446. The summed E-state index contributed by atoms with van der Waals surface area (Å²) in [4.78, 5) is 4.12. The molecule has 0 radical (unpaired) electrons. The largest absolute Gasteiger partial charge is 0.369 e. The van der Waals surface area contributed by atoms with Gasteiger partial charge in [0.2, 0.25) is 10.0 Å². The highest BCUT2D eigenvalue weighted by Crippen LogP contribution is 2.04. The molecule has 0 aliphatic carbocycles. The Labute approximate surface area is 110 Å². The molecule has 1 rings (SSSR count). The van der Waals surface area contributed by atoms with E-state index in [4.69, 9.17) is 0 Å². The minimum absolute atomic E-state index is 0.425. The molecular formula is C12H23N3O2S. The van der Waals surface area contributed by atoms with E-state index in [2.05, 4.69) is 10.3 Å². The number of aromatic nitrogens is 1. The lowest BCUT2D eigenvalue weighted by Crippen LogP contribution is -2.30. The number of likely N-dealkylation sites (N-methyl/N-ethyl adjacent to an activating group) is 1. The van der Waals surface area contributed by atoms with Crippen LogP contribution >= 0.6 is 0 Å². The predicted molar refractivity (Wildman–Crippen MR) is 76.3 cm³/mol. The molecule has 6 heteroatoms. The van der Waals surface area contributed by atoms with E-state index in [9.17, 15) is 8.42 Å². The SMILES string of the molecule is CC.Cc1ccnc(NCCN(C)S(C)(=O)=O)c1. The van der Waals surface area contributed by atoms with Gasteiger partial charge in [-0.15, -0.1) is 0 Å². The van der Waals surface area contributed by atoms with E-state index in [1.165, 1.54) is 10.6 Å². The first-order valence-corrected chi connectivity index (χ1v) is 7.82. The molecule has 1 aromatic heterocycles. The highest BCUT2D eigenvalue weighted by atomic mass is 32.2. The lowest BCUT2D eigenvalue weighted by Gasteiger charge is -2.14. The van der Waals surface area contributed by atoms with Crippen LogP contribution in [0, 0.1) is 6.92 Å². The number of aryl methyl sites for hydroxylation is 1. The van der Waals surface area contributed by atoms with Gasteiger partial charge >= 0.3 is 0 Å². The Morgan fingerprint density at radius 2 is 2.00 bits per heavy atom. The van der Waals surface area contributed by atoms with Crippen LogP contribution in [0.4, 0.5) is 5.82 Å². The number of nitrogens with zero attached hydrogens (tertiary/aromatic N) is 2. The van der Waals surface area contributed by atoms with Crippen molar-refractivity contribution in [2.75, 3.05) is 31.7 Å². The molecular weight excluding hydrogens is 250 g/mol. The van der Waals surface area contributed by atoms with Gasteiger partial charge in [0.25, 0.3) is 0 Å². The van der Waals surface area contributed by atoms with Crippen molar-refractivity contribution in [1.82, 2.24) is 9.29 Å². The smallest absolute Gasteiger partial charge is 0.211 e. The summed E-state index contributed by atoms with van der Waals surface area (Å²) in [5.74, 6) is 0.766. The first-order chi connectivity index (χ1) is 8.39. The van der Waals surface area contributed by atoms with Gasteiger partial charge in [-0.05, 0) is 24.6 Å². The second-order valence-electron chi connectivity index (χ2n) is 3.73. The highest BCUT2D eigenvalue weighted by Gasteiger charge is 2.09. The van der Waals surface area contributed by atoms with E-state index in [0.29, 0.717) is 13.1 Å². The third-order valence-corrected chi connectivity index (χ3v) is 3.53. The van der Waals surface area contributed by atoms with Gasteiger partial charge in [0.15, 0.2) is 0 Å². The third-order valence-electron chi connectivity index (χ3n) is 2.21. The molecule has 0 fully saturated rings. The zero-order chi connectivity index (χ0) is 14.2. The molecule has 0 atom stereocenters. The zero-order valence-corrected chi connectivity index (χ0v) is 12.6. The van der Waals surface area contributed by atoms with E-state index in [0.717, 1.165) is 11.4 Å². The van der Waals surface area contributed by atoms with Crippen LogP contribution in [0.1, 0.15) is 19.4 Å². The molecule has 5 nitrogen and oxygen atoms in total. The fourth-order valence-electron chi connectivity index (χ4n) is 1.14. The summed E-state index contributed by atoms with van der Waals surface area (Å²) in [6.45, 7) is 6.95. The first kappa shape index (κ1) is 16.9. The lowest BCUT2D eigenvalue weighted by atomic mass is 10.3. The molecule has 18 heavy (non-hydrogen) atoms. The van der Waals surface area contributed by atoms with Gasteiger partial charge in [0.05, 0.1) is 6.26 Å². The summed E-state index contributed by atoms with van der Waals surface area (Å²) in [6.07, 6.45) is 2.91. The summed E-state index contributed by atoms with van der Waals surface area (Å²) in [5, 5.41) is 3.07.